The van der Waals surface area contributed by atoms with Crippen molar-refractivity contribution in [1.29, 1.82) is 0 Å². The lowest BCUT2D eigenvalue weighted by atomic mass is 10.1. The molecule has 0 saturated heterocycles. The lowest BCUT2D eigenvalue weighted by Gasteiger charge is -2.09. The van der Waals surface area contributed by atoms with Crippen LogP contribution >= 0.6 is 0 Å². The van der Waals surface area contributed by atoms with Crippen molar-refractivity contribution >= 4 is 5.91 Å². The molecule has 5 heteroatoms. The Kier molecular flexibility index (Phi) is 4.81. The topological polar surface area (TPSA) is 64.1 Å². The zero-order valence-electron chi connectivity index (χ0n) is 13.3. The predicted molar refractivity (Wildman–Crippen MR) is 91.6 cm³/mol. The summed E-state index contributed by atoms with van der Waals surface area (Å²) in [5.74, 6) is 0.343. The van der Waals surface area contributed by atoms with Crippen molar-refractivity contribution in [2.24, 2.45) is 0 Å². The molecular weight excluding hydrogens is 302 g/mol. The van der Waals surface area contributed by atoms with Crippen molar-refractivity contribution in [3.05, 3.63) is 78.2 Å². The van der Waals surface area contributed by atoms with E-state index >= 15 is 0 Å². The average Bonchev–Trinajstić information content (AvgIpc) is 2.67. The molecule has 1 N–H and O–H groups in total. The number of nitrogens with one attached hydrogen (secondary N) is 1. The maximum Gasteiger partial charge on any atom is 0.255 e. The number of carbonyl (C=O) groups is 1. The minimum absolute atomic E-state index is 0.202. The number of aromatic nitrogens is 2. The van der Waals surface area contributed by atoms with Crippen LogP contribution < -0.4 is 10.1 Å². The number of ether oxygens (including phenoxy) is 1. The number of methoxy groups -OCH3 is 1. The zero-order chi connectivity index (χ0) is 16.8. The summed E-state index contributed by atoms with van der Waals surface area (Å²) in [7, 11) is 1.54. The molecule has 0 aliphatic carbocycles. The summed E-state index contributed by atoms with van der Waals surface area (Å²) in [6, 6.07) is 18.8. The van der Waals surface area contributed by atoms with E-state index in [9.17, 15) is 4.79 Å². The fraction of sp³-hybridized carbons (Fsp3) is 0.105. The van der Waals surface area contributed by atoms with Gasteiger partial charge in [-0.05, 0) is 18.2 Å². The van der Waals surface area contributed by atoms with Gasteiger partial charge in [-0.15, -0.1) is 0 Å². The Labute approximate surface area is 140 Å². The molecule has 0 bridgehead atoms. The number of hydrogen-bond acceptors (Lipinski definition) is 4. The molecule has 0 spiro atoms. The number of hydrogen-bond donors (Lipinski definition) is 1. The normalized spacial score (nSPS) is 10.2. The van der Waals surface area contributed by atoms with Crippen LogP contribution in [0.4, 0.5) is 0 Å². The van der Waals surface area contributed by atoms with E-state index in [0.29, 0.717) is 17.9 Å². The van der Waals surface area contributed by atoms with Gasteiger partial charge in [0.1, 0.15) is 12.1 Å². The fourth-order valence-corrected chi connectivity index (χ4v) is 2.36. The molecule has 3 aromatic rings. The molecule has 0 fully saturated rings. The van der Waals surface area contributed by atoms with E-state index in [1.165, 1.54) is 6.33 Å². The van der Waals surface area contributed by atoms with E-state index in [-0.39, 0.29) is 5.91 Å². The second-order valence-corrected chi connectivity index (χ2v) is 5.14. The summed E-state index contributed by atoms with van der Waals surface area (Å²) >= 11 is 0. The molecule has 120 valence electrons. The Bertz CT molecular complexity index is 835. The van der Waals surface area contributed by atoms with Gasteiger partial charge in [0, 0.05) is 5.56 Å². The summed E-state index contributed by atoms with van der Waals surface area (Å²) < 4.78 is 5.21. The molecule has 5 nitrogen and oxygen atoms in total. The number of nitrogens with zero attached hydrogens (tertiary/aromatic N) is 2. The molecular formula is C19H17N3O2. The van der Waals surface area contributed by atoms with Crippen molar-refractivity contribution < 1.29 is 9.53 Å². The highest BCUT2D eigenvalue weighted by atomic mass is 16.5. The van der Waals surface area contributed by atoms with Gasteiger partial charge < -0.3 is 10.1 Å². The Morgan fingerprint density at radius 2 is 1.79 bits per heavy atom. The highest BCUT2D eigenvalue weighted by Crippen LogP contribution is 2.18. The van der Waals surface area contributed by atoms with Crippen LogP contribution in [0.25, 0.3) is 11.3 Å². The molecule has 1 aromatic heterocycles. The van der Waals surface area contributed by atoms with Crippen LogP contribution in [-0.4, -0.2) is 23.0 Å². The van der Waals surface area contributed by atoms with E-state index in [0.717, 1.165) is 17.0 Å². The minimum Gasteiger partial charge on any atom is -0.496 e. The molecule has 0 aliphatic heterocycles. The number of benzene rings is 2. The Hall–Kier alpha value is -3.21. The SMILES string of the molecule is COc1ccccc1C(=O)NCc1cc(-c2ccccc2)ncn1. The Balaban J connectivity index is 1.72. The van der Waals surface area contributed by atoms with Crippen molar-refractivity contribution in [3.63, 3.8) is 0 Å². The molecule has 0 radical (unpaired) electrons. The van der Waals surface area contributed by atoms with Gasteiger partial charge in [0.05, 0.1) is 30.6 Å². The zero-order valence-corrected chi connectivity index (χ0v) is 13.3. The molecule has 3 rings (SSSR count). The third kappa shape index (κ3) is 3.57. The first-order chi connectivity index (χ1) is 11.8. The lowest BCUT2D eigenvalue weighted by Crippen LogP contribution is -2.23. The van der Waals surface area contributed by atoms with Gasteiger partial charge in [-0.2, -0.15) is 0 Å². The van der Waals surface area contributed by atoms with E-state index in [2.05, 4.69) is 15.3 Å². The van der Waals surface area contributed by atoms with Gasteiger partial charge in [-0.1, -0.05) is 42.5 Å². The Morgan fingerprint density at radius 1 is 1.04 bits per heavy atom. The van der Waals surface area contributed by atoms with Crippen molar-refractivity contribution in [2.75, 3.05) is 7.11 Å². The largest absolute Gasteiger partial charge is 0.496 e. The second kappa shape index (κ2) is 7.37. The molecule has 0 saturated carbocycles. The van der Waals surface area contributed by atoms with Crippen LogP contribution in [0, 0.1) is 0 Å². The summed E-state index contributed by atoms with van der Waals surface area (Å²) in [6.07, 6.45) is 1.51. The van der Waals surface area contributed by atoms with Crippen molar-refractivity contribution in [2.45, 2.75) is 6.54 Å². The van der Waals surface area contributed by atoms with Gasteiger partial charge in [0.15, 0.2) is 0 Å². The molecule has 0 atom stereocenters. The molecule has 24 heavy (non-hydrogen) atoms. The number of rotatable bonds is 5. The Morgan fingerprint density at radius 3 is 2.58 bits per heavy atom. The van der Waals surface area contributed by atoms with Crippen LogP contribution in [0.15, 0.2) is 67.0 Å². The first-order valence-corrected chi connectivity index (χ1v) is 7.55. The van der Waals surface area contributed by atoms with E-state index in [1.807, 2.05) is 42.5 Å². The highest BCUT2D eigenvalue weighted by molar-refractivity contribution is 5.96. The smallest absolute Gasteiger partial charge is 0.255 e. The predicted octanol–water partition coefficient (Wildman–Crippen LogP) is 3.08. The van der Waals surface area contributed by atoms with Gasteiger partial charge in [0.2, 0.25) is 0 Å². The van der Waals surface area contributed by atoms with Crippen molar-refractivity contribution in [1.82, 2.24) is 15.3 Å². The first kappa shape index (κ1) is 15.7. The van der Waals surface area contributed by atoms with Crippen LogP contribution in [0.1, 0.15) is 16.1 Å². The molecule has 2 aromatic carbocycles. The monoisotopic (exact) mass is 319 g/mol. The lowest BCUT2D eigenvalue weighted by molar-refractivity contribution is 0.0947. The van der Waals surface area contributed by atoms with Gasteiger partial charge in [-0.3, -0.25) is 4.79 Å². The molecule has 0 aliphatic rings. The van der Waals surface area contributed by atoms with E-state index in [1.54, 1.807) is 25.3 Å². The van der Waals surface area contributed by atoms with Gasteiger partial charge >= 0.3 is 0 Å². The summed E-state index contributed by atoms with van der Waals surface area (Å²) in [5, 5.41) is 2.86. The second-order valence-electron chi connectivity index (χ2n) is 5.14. The average molecular weight is 319 g/mol. The minimum atomic E-state index is -0.202. The quantitative estimate of drug-likeness (QED) is 0.785. The van der Waals surface area contributed by atoms with E-state index in [4.69, 9.17) is 4.74 Å². The molecule has 0 unspecified atom stereocenters. The number of amides is 1. The maximum absolute atomic E-state index is 12.3. The fourth-order valence-electron chi connectivity index (χ4n) is 2.36. The highest BCUT2D eigenvalue weighted by Gasteiger charge is 2.11. The molecule has 1 amide bonds. The van der Waals surface area contributed by atoms with Crippen molar-refractivity contribution in [3.8, 4) is 17.0 Å². The van der Waals surface area contributed by atoms with Crippen LogP contribution in [0.3, 0.4) is 0 Å². The van der Waals surface area contributed by atoms with Crippen LogP contribution in [-0.2, 0) is 6.54 Å². The third-order valence-corrected chi connectivity index (χ3v) is 3.57. The van der Waals surface area contributed by atoms with Gasteiger partial charge in [-0.25, -0.2) is 9.97 Å². The molecule has 1 heterocycles. The summed E-state index contributed by atoms with van der Waals surface area (Å²) in [4.78, 5) is 20.8. The van der Waals surface area contributed by atoms with E-state index < -0.39 is 0 Å². The maximum atomic E-state index is 12.3. The summed E-state index contributed by atoms with van der Waals surface area (Å²) in [6.45, 7) is 0.319. The number of carbonyl (C=O) groups excluding carboxylic acids is 1. The van der Waals surface area contributed by atoms with Gasteiger partial charge in [0.25, 0.3) is 5.91 Å². The first-order valence-electron chi connectivity index (χ1n) is 7.55. The number of para-hydroxylation sites is 1. The standard InChI is InChI=1S/C19H17N3O2/c1-24-18-10-6-5-9-16(18)19(23)20-12-15-11-17(22-13-21-15)14-7-3-2-4-8-14/h2-11,13H,12H2,1H3,(H,20,23). The summed E-state index contributed by atoms with van der Waals surface area (Å²) in [5.41, 5.74) is 3.08. The van der Waals surface area contributed by atoms with Crippen LogP contribution in [0.5, 0.6) is 5.75 Å². The van der Waals surface area contributed by atoms with Crippen LogP contribution in [0.2, 0.25) is 0 Å². The third-order valence-electron chi connectivity index (χ3n) is 3.57.